The highest BCUT2D eigenvalue weighted by Crippen LogP contribution is 1.98. The summed E-state index contributed by atoms with van der Waals surface area (Å²) in [4.78, 5) is 10.5. The Kier molecular flexibility index (Phi) is 5.27. The Morgan fingerprint density at radius 2 is 2.00 bits per heavy atom. The molecule has 0 amide bonds. The van der Waals surface area contributed by atoms with E-state index in [0.717, 1.165) is 11.8 Å². The lowest BCUT2D eigenvalue weighted by Crippen LogP contribution is -2.31. The molecule has 1 radical (unpaired) electrons. The van der Waals surface area contributed by atoms with E-state index in [9.17, 15) is 13.2 Å². The van der Waals surface area contributed by atoms with Crippen molar-refractivity contribution < 1.29 is 17.4 Å². The average molecular weight is 256 g/mol. The first-order chi connectivity index (χ1) is 8.01. The molecule has 17 heavy (non-hydrogen) atoms. The van der Waals surface area contributed by atoms with Crippen LogP contribution in [-0.2, 0) is 25.6 Å². The lowest BCUT2D eigenvalue weighted by Gasteiger charge is -2.10. The average Bonchev–Trinajstić information content (AvgIpc) is 2.27. The molecule has 0 aliphatic rings. The minimum atomic E-state index is -3.63. The number of carbonyl (C=O) groups excluding carboxylic acids is 1. The van der Waals surface area contributed by atoms with E-state index in [0.29, 0.717) is 6.54 Å². The SMILES string of the molecule is CS(=O)(=O)OC([C]=O)CNCc1ccccc1. The summed E-state index contributed by atoms with van der Waals surface area (Å²) in [6.45, 7) is 0.637. The molecule has 93 valence electrons. The van der Waals surface area contributed by atoms with Gasteiger partial charge in [-0.1, -0.05) is 30.3 Å². The van der Waals surface area contributed by atoms with Crippen LogP contribution in [0.5, 0.6) is 0 Å². The molecule has 1 aromatic rings. The zero-order valence-electron chi connectivity index (χ0n) is 9.42. The molecule has 1 unspecified atom stereocenters. The fourth-order valence-electron chi connectivity index (χ4n) is 1.25. The highest BCUT2D eigenvalue weighted by atomic mass is 32.2. The summed E-state index contributed by atoms with van der Waals surface area (Å²) in [5.74, 6) is 0. The van der Waals surface area contributed by atoms with Crippen molar-refractivity contribution in [2.45, 2.75) is 12.6 Å². The van der Waals surface area contributed by atoms with Crippen LogP contribution in [0.3, 0.4) is 0 Å². The third kappa shape index (κ3) is 6.15. The van der Waals surface area contributed by atoms with Gasteiger partial charge in [-0.3, -0.25) is 8.98 Å². The van der Waals surface area contributed by atoms with Crippen molar-refractivity contribution in [1.29, 1.82) is 0 Å². The molecule has 0 heterocycles. The summed E-state index contributed by atoms with van der Waals surface area (Å²) >= 11 is 0. The molecule has 0 saturated carbocycles. The van der Waals surface area contributed by atoms with Gasteiger partial charge in [-0.05, 0) is 5.56 Å². The molecule has 0 saturated heterocycles. The topological polar surface area (TPSA) is 72.5 Å². The first-order valence-electron chi connectivity index (χ1n) is 5.02. The van der Waals surface area contributed by atoms with Gasteiger partial charge in [-0.2, -0.15) is 8.42 Å². The smallest absolute Gasteiger partial charge is 0.265 e. The number of benzene rings is 1. The second-order valence-corrected chi connectivity index (χ2v) is 5.12. The summed E-state index contributed by atoms with van der Waals surface area (Å²) in [7, 11) is -3.63. The maximum Gasteiger partial charge on any atom is 0.265 e. The van der Waals surface area contributed by atoms with Crippen LogP contribution in [-0.4, -0.2) is 33.6 Å². The van der Waals surface area contributed by atoms with Crippen LogP contribution in [0, 0.1) is 0 Å². The van der Waals surface area contributed by atoms with Crippen LogP contribution in [0.25, 0.3) is 0 Å². The van der Waals surface area contributed by atoms with Gasteiger partial charge < -0.3 is 5.32 Å². The Morgan fingerprint density at radius 3 is 2.53 bits per heavy atom. The number of hydrogen-bond acceptors (Lipinski definition) is 5. The molecule has 1 atom stereocenters. The Balaban J connectivity index is 2.36. The summed E-state index contributed by atoms with van der Waals surface area (Å²) < 4.78 is 26.1. The molecular formula is C11H14NO4S. The van der Waals surface area contributed by atoms with E-state index in [2.05, 4.69) is 9.50 Å². The van der Waals surface area contributed by atoms with Crippen LogP contribution >= 0.6 is 0 Å². The summed E-state index contributed by atoms with van der Waals surface area (Å²) in [6, 6.07) is 9.53. The second-order valence-electron chi connectivity index (χ2n) is 3.52. The highest BCUT2D eigenvalue weighted by molar-refractivity contribution is 7.86. The lowest BCUT2D eigenvalue weighted by atomic mass is 10.2. The molecule has 0 bridgehead atoms. The second kappa shape index (κ2) is 6.48. The summed E-state index contributed by atoms with van der Waals surface area (Å²) in [5.41, 5.74) is 1.04. The Hall–Kier alpha value is -1.24. The third-order valence-corrected chi connectivity index (χ3v) is 2.51. The normalized spacial score (nSPS) is 13.2. The fourth-order valence-corrected chi connectivity index (χ4v) is 1.78. The quantitative estimate of drug-likeness (QED) is 0.707. The highest BCUT2D eigenvalue weighted by Gasteiger charge is 2.14. The van der Waals surface area contributed by atoms with Crippen molar-refractivity contribution in [2.75, 3.05) is 12.8 Å². The van der Waals surface area contributed by atoms with Crippen LogP contribution in [0.1, 0.15) is 5.56 Å². The van der Waals surface area contributed by atoms with Gasteiger partial charge in [-0.15, -0.1) is 0 Å². The standard InChI is InChI=1S/C11H14NO4S/c1-17(14,15)16-11(9-13)8-12-7-10-5-3-2-4-6-10/h2-6,11-12H,7-8H2,1H3. The first kappa shape index (κ1) is 13.8. The van der Waals surface area contributed by atoms with E-state index < -0.39 is 16.2 Å². The zero-order valence-corrected chi connectivity index (χ0v) is 10.2. The molecular weight excluding hydrogens is 242 g/mol. The first-order valence-corrected chi connectivity index (χ1v) is 6.83. The fraction of sp³-hybridized carbons (Fsp3) is 0.364. The summed E-state index contributed by atoms with van der Waals surface area (Å²) in [5, 5.41) is 2.92. The van der Waals surface area contributed by atoms with Crippen LogP contribution in [0.2, 0.25) is 0 Å². The molecule has 0 spiro atoms. The van der Waals surface area contributed by atoms with Crippen molar-refractivity contribution >= 4 is 16.4 Å². The van der Waals surface area contributed by atoms with Gasteiger partial charge in [0.1, 0.15) is 0 Å². The van der Waals surface area contributed by atoms with E-state index in [1.54, 1.807) is 0 Å². The van der Waals surface area contributed by atoms with Gasteiger partial charge in [0.25, 0.3) is 10.1 Å². The van der Waals surface area contributed by atoms with E-state index in [1.807, 2.05) is 30.3 Å². The van der Waals surface area contributed by atoms with Crippen molar-refractivity contribution in [3.63, 3.8) is 0 Å². The molecule has 1 rings (SSSR count). The predicted molar refractivity (Wildman–Crippen MR) is 63.6 cm³/mol. The minimum Gasteiger partial charge on any atom is -0.310 e. The maximum absolute atomic E-state index is 10.8. The Morgan fingerprint density at radius 1 is 1.35 bits per heavy atom. The van der Waals surface area contributed by atoms with Gasteiger partial charge in [0.2, 0.25) is 6.29 Å². The van der Waals surface area contributed by atoms with Crippen LogP contribution in [0.4, 0.5) is 0 Å². The maximum atomic E-state index is 10.8. The molecule has 1 aromatic carbocycles. The molecule has 0 fully saturated rings. The predicted octanol–water partition coefficient (Wildman–Crippen LogP) is 0.231. The lowest BCUT2D eigenvalue weighted by molar-refractivity contribution is 0.261. The van der Waals surface area contributed by atoms with E-state index >= 15 is 0 Å². The Labute approximate surface area is 101 Å². The monoisotopic (exact) mass is 256 g/mol. The van der Waals surface area contributed by atoms with Crippen molar-refractivity contribution in [2.24, 2.45) is 0 Å². The van der Waals surface area contributed by atoms with Gasteiger partial charge in [0.05, 0.1) is 6.26 Å². The van der Waals surface area contributed by atoms with Gasteiger partial charge >= 0.3 is 0 Å². The van der Waals surface area contributed by atoms with Gasteiger partial charge in [0.15, 0.2) is 6.10 Å². The molecule has 0 aliphatic heterocycles. The third-order valence-electron chi connectivity index (χ3n) is 1.92. The molecule has 5 nitrogen and oxygen atoms in total. The number of rotatable bonds is 7. The van der Waals surface area contributed by atoms with Crippen LogP contribution < -0.4 is 5.32 Å². The molecule has 0 aliphatic carbocycles. The van der Waals surface area contributed by atoms with Gasteiger partial charge in [-0.25, -0.2) is 0 Å². The van der Waals surface area contributed by atoms with Crippen molar-refractivity contribution in [3.05, 3.63) is 35.9 Å². The van der Waals surface area contributed by atoms with E-state index in [-0.39, 0.29) is 6.54 Å². The van der Waals surface area contributed by atoms with Gasteiger partial charge in [0, 0.05) is 13.1 Å². The van der Waals surface area contributed by atoms with Crippen LogP contribution in [0.15, 0.2) is 30.3 Å². The molecule has 1 N–H and O–H groups in total. The molecule has 6 heteroatoms. The number of hydrogen-bond donors (Lipinski definition) is 1. The minimum absolute atomic E-state index is 0.103. The van der Waals surface area contributed by atoms with E-state index in [1.165, 1.54) is 6.29 Å². The Bertz CT molecular complexity index is 444. The van der Waals surface area contributed by atoms with Crippen molar-refractivity contribution in [1.82, 2.24) is 5.32 Å². The summed E-state index contributed by atoms with van der Waals surface area (Å²) in [6.07, 6.45) is 1.33. The number of nitrogens with one attached hydrogen (secondary N) is 1. The van der Waals surface area contributed by atoms with Crippen molar-refractivity contribution in [3.8, 4) is 0 Å². The molecule has 0 aromatic heterocycles. The largest absolute Gasteiger partial charge is 0.310 e. The zero-order chi connectivity index (χ0) is 12.7. The van der Waals surface area contributed by atoms with E-state index in [4.69, 9.17) is 0 Å².